The number of benzene rings is 1. The smallest absolute Gasteiger partial charge is 0.325 e. The van der Waals surface area contributed by atoms with Gasteiger partial charge in [0.05, 0.1) is 5.56 Å². The molecule has 16 heavy (non-hydrogen) atoms. The number of carboxylic acid groups (broad SMARTS) is 1. The van der Waals surface area contributed by atoms with E-state index in [9.17, 15) is 14.0 Å². The van der Waals surface area contributed by atoms with Gasteiger partial charge in [-0.25, -0.2) is 4.39 Å². The molecule has 0 aliphatic heterocycles. The summed E-state index contributed by atoms with van der Waals surface area (Å²) in [4.78, 5) is 22.0. The van der Waals surface area contributed by atoms with Gasteiger partial charge in [-0.2, -0.15) is 0 Å². The van der Waals surface area contributed by atoms with Crippen molar-refractivity contribution >= 4 is 11.9 Å². The number of halogens is 1. The van der Waals surface area contributed by atoms with Gasteiger partial charge in [0.15, 0.2) is 0 Å². The van der Waals surface area contributed by atoms with Crippen LogP contribution < -0.4 is 5.32 Å². The molecule has 1 atom stereocenters. The lowest BCUT2D eigenvalue weighted by Crippen LogP contribution is -2.38. The molecule has 0 aliphatic carbocycles. The lowest BCUT2D eigenvalue weighted by molar-refractivity contribution is -0.138. The first-order valence-electron chi connectivity index (χ1n) is 4.72. The van der Waals surface area contributed by atoms with Crippen LogP contribution in [0.1, 0.15) is 22.8 Å². The molecule has 4 nitrogen and oxygen atoms in total. The maximum atomic E-state index is 13.5. The third kappa shape index (κ3) is 2.56. The van der Waals surface area contributed by atoms with Gasteiger partial charge in [-0.05, 0) is 25.5 Å². The van der Waals surface area contributed by atoms with E-state index >= 15 is 0 Å². The number of nitrogens with one attached hydrogen (secondary N) is 1. The number of amides is 1. The first-order valence-corrected chi connectivity index (χ1v) is 4.72. The number of aryl methyl sites for hydroxylation is 1. The Morgan fingerprint density at radius 3 is 2.62 bits per heavy atom. The second-order valence-corrected chi connectivity index (χ2v) is 3.47. The molecule has 2 N–H and O–H groups in total. The zero-order valence-electron chi connectivity index (χ0n) is 8.95. The lowest BCUT2D eigenvalue weighted by Gasteiger charge is -2.10. The van der Waals surface area contributed by atoms with Crippen LogP contribution in [0.25, 0.3) is 0 Å². The molecule has 1 aromatic rings. The van der Waals surface area contributed by atoms with Gasteiger partial charge in [0, 0.05) is 0 Å². The predicted molar refractivity (Wildman–Crippen MR) is 55.7 cm³/mol. The molecule has 0 spiro atoms. The summed E-state index contributed by atoms with van der Waals surface area (Å²) in [6, 6.07) is 3.34. The Hall–Kier alpha value is -1.91. The fourth-order valence-corrected chi connectivity index (χ4v) is 1.16. The first kappa shape index (κ1) is 12.2. The van der Waals surface area contributed by atoms with Crippen LogP contribution in [-0.2, 0) is 4.79 Å². The lowest BCUT2D eigenvalue weighted by atomic mass is 10.1. The highest BCUT2D eigenvalue weighted by molar-refractivity contribution is 5.96. The summed E-state index contributed by atoms with van der Waals surface area (Å²) < 4.78 is 13.5. The van der Waals surface area contributed by atoms with E-state index in [1.165, 1.54) is 26.0 Å². The van der Waals surface area contributed by atoms with E-state index in [0.29, 0.717) is 5.56 Å². The Balaban J connectivity index is 2.89. The molecule has 5 heteroatoms. The molecule has 86 valence electrons. The maximum Gasteiger partial charge on any atom is 0.325 e. The van der Waals surface area contributed by atoms with Crippen LogP contribution in [0.3, 0.4) is 0 Å². The fraction of sp³-hybridized carbons (Fsp3) is 0.273. The van der Waals surface area contributed by atoms with E-state index in [2.05, 4.69) is 5.32 Å². The Kier molecular flexibility index (Phi) is 3.60. The van der Waals surface area contributed by atoms with Crippen LogP contribution in [0.15, 0.2) is 18.2 Å². The molecule has 0 unspecified atom stereocenters. The number of hydrogen-bond donors (Lipinski definition) is 2. The Labute approximate surface area is 92.1 Å². The Bertz CT molecular complexity index is 431. The van der Waals surface area contributed by atoms with E-state index < -0.39 is 23.7 Å². The van der Waals surface area contributed by atoms with Gasteiger partial charge < -0.3 is 10.4 Å². The van der Waals surface area contributed by atoms with Crippen LogP contribution in [-0.4, -0.2) is 23.0 Å². The van der Waals surface area contributed by atoms with Crippen molar-refractivity contribution in [3.8, 4) is 0 Å². The molecule has 0 aromatic heterocycles. The fourth-order valence-electron chi connectivity index (χ4n) is 1.16. The van der Waals surface area contributed by atoms with Gasteiger partial charge in [-0.15, -0.1) is 0 Å². The zero-order valence-corrected chi connectivity index (χ0v) is 8.95. The summed E-state index contributed by atoms with van der Waals surface area (Å²) in [5.74, 6) is -2.52. The second kappa shape index (κ2) is 4.74. The first-order chi connectivity index (χ1) is 7.43. The van der Waals surface area contributed by atoms with Crippen LogP contribution in [0.5, 0.6) is 0 Å². The highest BCUT2D eigenvalue weighted by atomic mass is 19.1. The minimum absolute atomic E-state index is 0.145. The summed E-state index contributed by atoms with van der Waals surface area (Å²) in [5.41, 5.74) is 0.198. The third-order valence-electron chi connectivity index (χ3n) is 2.15. The summed E-state index contributed by atoms with van der Waals surface area (Å²) in [5, 5.41) is 10.8. The van der Waals surface area contributed by atoms with Gasteiger partial charge in [-0.1, -0.05) is 12.1 Å². The van der Waals surface area contributed by atoms with Crippen molar-refractivity contribution in [3.05, 3.63) is 35.1 Å². The normalized spacial score (nSPS) is 11.9. The highest BCUT2D eigenvalue weighted by Crippen LogP contribution is 2.11. The number of carbonyl (C=O) groups is 2. The summed E-state index contributed by atoms with van der Waals surface area (Å²) in [7, 11) is 0. The van der Waals surface area contributed by atoms with E-state index in [1.807, 2.05) is 0 Å². The quantitative estimate of drug-likeness (QED) is 0.815. The molecular formula is C11H12FNO3. The van der Waals surface area contributed by atoms with E-state index in [1.54, 1.807) is 6.07 Å². The van der Waals surface area contributed by atoms with Crippen molar-refractivity contribution in [1.29, 1.82) is 0 Å². The Morgan fingerprint density at radius 2 is 2.06 bits per heavy atom. The molecule has 1 rings (SSSR count). The highest BCUT2D eigenvalue weighted by Gasteiger charge is 2.18. The van der Waals surface area contributed by atoms with Crippen LogP contribution in [0.2, 0.25) is 0 Å². The van der Waals surface area contributed by atoms with E-state index in [0.717, 1.165) is 0 Å². The minimum atomic E-state index is -1.17. The Morgan fingerprint density at radius 1 is 1.44 bits per heavy atom. The summed E-state index contributed by atoms with van der Waals surface area (Å²) in [6.07, 6.45) is 0. The molecule has 0 saturated heterocycles. The van der Waals surface area contributed by atoms with Crippen molar-refractivity contribution in [2.45, 2.75) is 19.9 Å². The molecule has 0 saturated carbocycles. The number of carbonyl (C=O) groups excluding carboxylic acids is 1. The molecule has 0 heterocycles. The molecule has 0 bridgehead atoms. The van der Waals surface area contributed by atoms with Crippen LogP contribution in [0, 0.1) is 12.7 Å². The van der Waals surface area contributed by atoms with Crippen molar-refractivity contribution in [1.82, 2.24) is 5.32 Å². The topological polar surface area (TPSA) is 66.4 Å². The van der Waals surface area contributed by atoms with Crippen LogP contribution in [0.4, 0.5) is 4.39 Å². The summed E-state index contributed by atoms with van der Waals surface area (Å²) >= 11 is 0. The van der Waals surface area contributed by atoms with Gasteiger partial charge in [-0.3, -0.25) is 9.59 Å². The number of rotatable bonds is 3. The largest absolute Gasteiger partial charge is 0.480 e. The number of hydrogen-bond acceptors (Lipinski definition) is 2. The van der Waals surface area contributed by atoms with Crippen LogP contribution >= 0.6 is 0 Å². The van der Waals surface area contributed by atoms with Gasteiger partial charge >= 0.3 is 5.97 Å². The zero-order chi connectivity index (χ0) is 12.3. The summed E-state index contributed by atoms with van der Waals surface area (Å²) in [6.45, 7) is 2.85. The van der Waals surface area contributed by atoms with Crippen molar-refractivity contribution < 1.29 is 19.1 Å². The van der Waals surface area contributed by atoms with E-state index in [-0.39, 0.29) is 5.56 Å². The van der Waals surface area contributed by atoms with E-state index in [4.69, 9.17) is 5.11 Å². The average Bonchev–Trinajstić information content (AvgIpc) is 2.21. The maximum absolute atomic E-state index is 13.5. The van der Waals surface area contributed by atoms with Crippen molar-refractivity contribution in [2.75, 3.05) is 0 Å². The standard InChI is InChI=1S/C11H12FNO3/c1-6-4-3-5-8(9(6)12)10(14)13-7(2)11(15)16/h3-5,7H,1-2H3,(H,13,14)(H,15,16)/t7-/m0/s1. The number of carboxylic acids is 1. The third-order valence-corrected chi connectivity index (χ3v) is 2.15. The molecule has 0 aliphatic rings. The SMILES string of the molecule is Cc1cccc(C(=O)N[C@@H](C)C(=O)O)c1F. The molecule has 0 radical (unpaired) electrons. The van der Waals surface area contributed by atoms with Crippen molar-refractivity contribution in [2.24, 2.45) is 0 Å². The molecular weight excluding hydrogens is 213 g/mol. The predicted octanol–water partition coefficient (Wildman–Crippen LogP) is 1.34. The van der Waals surface area contributed by atoms with Gasteiger partial charge in [0.25, 0.3) is 5.91 Å². The second-order valence-electron chi connectivity index (χ2n) is 3.47. The van der Waals surface area contributed by atoms with Gasteiger partial charge in [0.1, 0.15) is 11.9 Å². The molecule has 0 fully saturated rings. The average molecular weight is 225 g/mol. The number of aliphatic carboxylic acids is 1. The molecule has 1 aromatic carbocycles. The minimum Gasteiger partial charge on any atom is -0.480 e. The molecule has 1 amide bonds. The van der Waals surface area contributed by atoms with Gasteiger partial charge in [0.2, 0.25) is 0 Å². The van der Waals surface area contributed by atoms with Crippen molar-refractivity contribution in [3.63, 3.8) is 0 Å². The monoisotopic (exact) mass is 225 g/mol.